The van der Waals surface area contributed by atoms with Crippen LogP contribution in [0.25, 0.3) is 0 Å². The fraction of sp³-hybridized carbons (Fsp3) is 0.600. The predicted molar refractivity (Wildman–Crippen MR) is 67.7 cm³/mol. The lowest BCUT2D eigenvalue weighted by Gasteiger charge is -2.28. The maximum atomic E-state index is 10.0. The van der Waals surface area contributed by atoms with Crippen LogP contribution in [-0.2, 0) is 11.8 Å². The molecule has 0 amide bonds. The third-order valence-corrected chi connectivity index (χ3v) is 4.09. The smallest absolute Gasteiger partial charge is 0.0792 e. The molecule has 0 aromatic heterocycles. The summed E-state index contributed by atoms with van der Waals surface area (Å²) in [6.07, 6.45) is 4.05. The van der Waals surface area contributed by atoms with Crippen molar-refractivity contribution in [3.63, 3.8) is 0 Å². The third kappa shape index (κ3) is 2.01. The SMILES string of the molecule is CCC(C)(C)c1ccc2c(c1)C(O)CCC2. The van der Waals surface area contributed by atoms with Crippen molar-refractivity contribution >= 4 is 0 Å². The molecule has 1 unspecified atom stereocenters. The van der Waals surface area contributed by atoms with Gasteiger partial charge < -0.3 is 5.11 Å². The third-order valence-electron chi connectivity index (χ3n) is 4.09. The van der Waals surface area contributed by atoms with Gasteiger partial charge in [-0.1, -0.05) is 39.0 Å². The molecule has 0 spiro atoms. The summed E-state index contributed by atoms with van der Waals surface area (Å²) in [7, 11) is 0. The first-order chi connectivity index (χ1) is 7.54. The molecule has 0 aliphatic heterocycles. The van der Waals surface area contributed by atoms with E-state index < -0.39 is 0 Å². The molecule has 0 bridgehead atoms. The van der Waals surface area contributed by atoms with Gasteiger partial charge in [-0.2, -0.15) is 0 Å². The summed E-state index contributed by atoms with van der Waals surface area (Å²) in [5, 5.41) is 10.0. The second-order valence-electron chi connectivity index (χ2n) is 5.56. The van der Waals surface area contributed by atoms with Crippen LogP contribution in [0.5, 0.6) is 0 Å². The van der Waals surface area contributed by atoms with E-state index in [4.69, 9.17) is 0 Å². The maximum absolute atomic E-state index is 10.0. The summed E-state index contributed by atoms with van der Waals surface area (Å²) in [6, 6.07) is 6.67. The summed E-state index contributed by atoms with van der Waals surface area (Å²) in [4.78, 5) is 0. The molecule has 1 aliphatic rings. The van der Waals surface area contributed by atoms with Gasteiger partial charge in [0.05, 0.1) is 6.10 Å². The van der Waals surface area contributed by atoms with Crippen LogP contribution in [0.15, 0.2) is 18.2 Å². The number of aryl methyl sites for hydroxylation is 1. The predicted octanol–water partition coefficient (Wildman–Crippen LogP) is 3.74. The first-order valence-electron chi connectivity index (χ1n) is 6.36. The van der Waals surface area contributed by atoms with E-state index >= 15 is 0 Å². The normalized spacial score (nSPS) is 20.6. The van der Waals surface area contributed by atoms with E-state index in [2.05, 4.69) is 39.0 Å². The Hall–Kier alpha value is -0.820. The van der Waals surface area contributed by atoms with E-state index in [9.17, 15) is 5.11 Å². The summed E-state index contributed by atoms with van der Waals surface area (Å²) in [6.45, 7) is 6.75. The van der Waals surface area contributed by atoms with Gasteiger partial charge in [-0.15, -0.1) is 0 Å². The highest BCUT2D eigenvalue weighted by atomic mass is 16.3. The van der Waals surface area contributed by atoms with E-state index in [1.54, 1.807) is 0 Å². The van der Waals surface area contributed by atoms with Gasteiger partial charge in [0, 0.05) is 0 Å². The molecule has 1 aromatic rings. The molecule has 0 saturated carbocycles. The molecule has 1 aliphatic carbocycles. The molecule has 0 radical (unpaired) electrons. The molecule has 0 heterocycles. The lowest BCUT2D eigenvalue weighted by molar-refractivity contribution is 0.156. The van der Waals surface area contributed by atoms with Crippen molar-refractivity contribution < 1.29 is 5.11 Å². The van der Waals surface area contributed by atoms with Crippen LogP contribution in [0.1, 0.15) is 62.8 Å². The van der Waals surface area contributed by atoms with Crippen molar-refractivity contribution in [2.45, 2.75) is 58.0 Å². The Morgan fingerprint density at radius 1 is 1.38 bits per heavy atom. The van der Waals surface area contributed by atoms with Crippen LogP contribution in [0.3, 0.4) is 0 Å². The summed E-state index contributed by atoms with van der Waals surface area (Å²) >= 11 is 0. The van der Waals surface area contributed by atoms with Crippen LogP contribution >= 0.6 is 0 Å². The molecule has 1 atom stereocenters. The van der Waals surface area contributed by atoms with E-state index in [1.165, 1.54) is 16.7 Å². The van der Waals surface area contributed by atoms with Crippen LogP contribution in [-0.4, -0.2) is 5.11 Å². The molecule has 1 heteroatoms. The Kier molecular flexibility index (Phi) is 3.07. The van der Waals surface area contributed by atoms with Gasteiger partial charge in [-0.3, -0.25) is 0 Å². The monoisotopic (exact) mass is 218 g/mol. The number of rotatable bonds is 2. The highest BCUT2D eigenvalue weighted by Gasteiger charge is 2.23. The second-order valence-corrected chi connectivity index (χ2v) is 5.56. The van der Waals surface area contributed by atoms with Crippen molar-refractivity contribution in [2.75, 3.05) is 0 Å². The van der Waals surface area contributed by atoms with E-state index in [-0.39, 0.29) is 11.5 Å². The first kappa shape index (κ1) is 11.7. The van der Waals surface area contributed by atoms with Gasteiger partial charge >= 0.3 is 0 Å². The molecule has 1 aromatic carbocycles. The minimum atomic E-state index is -0.239. The molecule has 16 heavy (non-hydrogen) atoms. The second kappa shape index (κ2) is 4.21. The molecular weight excluding hydrogens is 196 g/mol. The number of hydrogen-bond acceptors (Lipinski definition) is 1. The quantitative estimate of drug-likeness (QED) is 0.801. The Morgan fingerprint density at radius 3 is 2.81 bits per heavy atom. The highest BCUT2D eigenvalue weighted by molar-refractivity contribution is 5.38. The Morgan fingerprint density at radius 2 is 2.12 bits per heavy atom. The minimum absolute atomic E-state index is 0.214. The van der Waals surface area contributed by atoms with Crippen molar-refractivity contribution in [2.24, 2.45) is 0 Å². The lowest BCUT2D eigenvalue weighted by Crippen LogP contribution is -2.18. The lowest BCUT2D eigenvalue weighted by atomic mass is 9.79. The molecule has 88 valence electrons. The van der Waals surface area contributed by atoms with Crippen molar-refractivity contribution in [1.29, 1.82) is 0 Å². The zero-order chi connectivity index (χ0) is 11.8. The van der Waals surface area contributed by atoms with Crippen molar-refractivity contribution in [3.8, 4) is 0 Å². The minimum Gasteiger partial charge on any atom is -0.388 e. The fourth-order valence-corrected chi connectivity index (χ4v) is 2.40. The zero-order valence-electron chi connectivity index (χ0n) is 10.6. The molecule has 0 fully saturated rings. The summed E-state index contributed by atoms with van der Waals surface area (Å²) in [5.74, 6) is 0. The summed E-state index contributed by atoms with van der Waals surface area (Å²) < 4.78 is 0. The van der Waals surface area contributed by atoms with Gasteiger partial charge in [0.25, 0.3) is 0 Å². The van der Waals surface area contributed by atoms with Gasteiger partial charge in [0.15, 0.2) is 0 Å². The van der Waals surface area contributed by atoms with Crippen LogP contribution < -0.4 is 0 Å². The molecule has 0 saturated heterocycles. The maximum Gasteiger partial charge on any atom is 0.0792 e. The van der Waals surface area contributed by atoms with Crippen molar-refractivity contribution in [3.05, 3.63) is 34.9 Å². The number of benzene rings is 1. The molecule has 1 N–H and O–H groups in total. The summed E-state index contributed by atoms with van der Waals surface area (Å²) in [5.41, 5.74) is 4.08. The first-order valence-corrected chi connectivity index (χ1v) is 6.36. The Balaban J connectivity index is 2.41. The Labute approximate surface area is 98.5 Å². The van der Waals surface area contributed by atoms with Crippen molar-refractivity contribution in [1.82, 2.24) is 0 Å². The van der Waals surface area contributed by atoms with Gasteiger partial charge in [0.2, 0.25) is 0 Å². The number of aliphatic hydroxyl groups is 1. The Bertz CT molecular complexity index is 379. The van der Waals surface area contributed by atoms with E-state index in [0.717, 1.165) is 25.7 Å². The van der Waals surface area contributed by atoms with Gasteiger partial charge in [-0.25, -0.2) is 0 Å². The zero-order valence-corrected chi connectivity index (χ0v) is 10.6. The van der Waals surface area contributed by atoms with E-state index in [1.807, 2.05) is 0 Å². The average Bonchev–Trinajstić information content (AvgIpc) is 2.29. The standard InChI is InChI=1S/C15H22O/c1-4-15(2,3)12-9-8-11-6-5-7-14(16)13(11)10-12/h8-10,14,16H,4-7H2,1-3H3. The number of hydrogen-bond donors (Lipinski definition) is 1. The van der Waals surface area contributed by atoms with Gasteiger partial charge in [0.1, 0.15) is 0 Å². The van der Waals surface area contributed by atoms with E-state index in [0.29, 0.717) is 0 Å². The topological polar surface area (TPSA) is 20.2 Å². The molecular formula is C15H22O. The van der Waals surface area contributed by atoms with Crippen LogP contribution in [0.4, 0.5) is 0 Å². The van der Waals surface area contributed by atoms with Crippen LogP contribution in [0, 0.1) is 0 Å². The average molecular weight is 218 g/mol. The van der Waals surface area contributed by atoms with Gasteiger partial charge in [-0.05, 0) is 47.8 Å². The highest BCUT2D eigenvalue weighted by Crippen LogP contribution is 2.34. The molecule has 1 nitrogen and oxygen atoms in total. The number of fused-ring (bicyclic) bond motifs is 1. The number of aliphatic hydroxyl groups excluding tert-OH is 1. The molecule has 2 rings (SSSR count). The largest absolute Gasteiger partial charge is 0.388 e. The van der Waals surface area contributed by atoms with Crippen LogP contribution in [0.2, 0.25) is 0 Å². The fourth-order valence-electron chi connectivity index (χ4n) is 2.40.